The minimum atomic E-state index is 0.303. The second-order valence-electron chi connectivity index (χ2n) is 5.07. The van der Waals surface area contributed by atoms with Gasteiger partial charge in [0.05, 0.1) is 18.4 Å². The summed E-state index contributed by atoms with van der Waals surface area (Å²) >= 11 is 0. The molecule has 2 aromatic rings. The SMILES string of the molecule is CN(C)[C@@H]1CN(Cc2cnon2)C[C@@H]1n1ccnn1. The molecule has 1 saturated heterocycles. The standard InChI is InChI=1S/C11H17N7O/c1-16(2)10-7-17(6-9-5-13-19-14-9)8-11(10)18-4-3-12-15-18/h3-5,10-11H,6-8H2,1-2H3/t10-,11+/m1/s1. The summed E-state index contributed by atoms with van der Waals surface area (Å²) < 4.78 is 6.57. The Morgan fingerprint density at radius 2 is 2.32 bits per heavy atom. The molecule has 0 aromatic carbocycles. The lowest BCUT2D eigenvalue weighted by atomic mass is 10.1. The Labute approximate surface area is 110 Å². The molecule has 0 amide bonds. The number of likely N-dealkylation sites (N-methyl/N-ethyl adjacent to an activating group) is 1. The van der Waals surface area contributed by atoms with Gasteiger partial charge in [-0.1, -0.05) is 15.5 Å². The molecule has 0 aliphatic carbocycles. The van der Waals surface area contributed by atoms with Crippen molar-refractivity contribution in [3.63, 3.8) is 0 Å². The minimum absolute atomic E-state index is 0.303. The third kappa shape index (κ3) is 2.49. The first-order chi connectivity index (χ1) is 9.24. The third-order valence-corrected chi connectivity index (χ3v) is 3.57. The fourth-order valence-corrected chi connectivity index (χ4v) is 2.62. The van der Waals surface area contributed by atoms with E-state index in [1.54, 1.807) is 12.4 Å². The second kappa shape index (κ2) is 5.06. The minimum Gasteiger partial charge on any atom is -0.303 e. The first-order valence-electron chi connectivity index (χ1n) is 6.25. The molecule has 0 saturated carbocycles. The summed E-state index contributed by atoms with van der Waals surface area (Å²) in [5.41, 5.74) is 0.858. The Hall–Kier alpha value is -1.80. The molecule has 1 fully saturated rings. The van der Waals surface area contributed by atoms with Gasteiger partial charge in [0.25, 0.3) is 0 Å². The van der Waals surface area contributed by atoms with Crippen LogP contribution >= 0.6 is 0 Å². The fraction of sp³-hybridized carbons (Fsp3) is 0.636. The molecule has 102 valence electrons. The van der Waals surface area contributed by atoms with Gasteiger partial charge >= 0.3 is 0 Å². The number of nitrogens with zero attached hydrogens (tertiary/aromatic N) is 7. The molecular weight excluding hydrogens is 246 g/mol. The van der Waals surface area contributed by atoms with Crippen molar-refractivity contribution < 1.29 is 4.63 Å². The van der Waals surface area contributed by atoms with Crippen molar-refractivity contribution in [3.8, 4) is 0 Å². The molecule has 0 bridgehead atoms. The van der Waals surface area contributed by atoms with Crippen LogP contribution in [-0.2, 0) is 6.54 Å². The van der Waals surface area contributed by atoms with E-state index in [0.29, 0.717) is 12.1 Å². The van der Waals surface area contributed by atoms with Crippen molar-refractivity contribution >= 4 is 0 Å². The van der Waals surface area contributed by atoms with Gasteiger partial charge in [-0.3, -0.25) is 4.90 Å². The molecule has 0 N–H and O–H groups in total. The summed E-state index contributed by atoms with van der Waals surface area (Å²) in [6.07, 6.45) is 5.30. The molecule has 1 aliphatic rings. The van der Waals surface area contributed by atoms with Gasteiger partial charge in [-0.25, -0.2) is 9.31 Å². The lowest BCUT2D eigenvalue weighted by molar-refractivity contribution is 0.236. The van der Waals surface area contributed by atoms with E-state index in [9.17, 15) is 0 Å². The lowest BCUT2D eigenvalue weighted by Crippen LogP contribution is -2.36. The lowest BCUT2D eigenvalue weighted by Gasteiger charge is -2.24. The molecule has 3 rings (SSSR count). The molecule has 1 aliphatic heterocycles. The zero-order valence-corrected chi connectivity index (χ0v) is 11.0. The molecule has 2 atom stereocenters. The van der Waals surface area contributed by atoms with Crippen LogP contribution in [0.1, 0.15) is 11.7 Å². The monoisotopic (exact) mass is 263 g/mol. The molecule has 8 heteroatoms. The summed E-state index contributed by atoms with van der Waals surface area (Å²) in [4.78, 5) is 4.56. The largest absolute Gasteiger partial charge is 0.303 e. The Morgan fingerprint density at radius 3 is 2.95 bits per heavy atom. The van der Waals surface area contributed by atoms with Crippen molar-refractivity contribution in [1.29, 1.82) is 0 Å². The summed E-state index contributed by atoms with van der Waals surface area (Å²) in [6.45, 7) is 2.63. The molecule has 0 unspecified atom stereocenters. The fourth-order valence-electron chi connectivity index (χ4n) is 2.62. The van der Waals surface area contributed by atoms with Crippen LogP contribution in [0.5, 0.6) is 0 Å². The van der Waals surface area contributed by atoms with E-state index < -0.39 is 0 Å². The van der Waals surface area contributed by atoms with Crippen molar-refractivity contribution in [1.82, 2.24) is 35.1 Å². The Kier molecular flexibility index (Phi) is 3.26. The van der Waals surface area contributed by atoms with Crippen LogP contribution in [0.2, 0.25) is 0 Å². The van der Waals surface area contributed by atoms with Crippen LogP contribution in [0.25, 0.3) is 0 Å². The van der Waals surface area contributed by atoms with Gasteiger partial charge in [0.2, 0.25) is 0 Å². The van der Waals surface area contributed by atoms with Crippen LogP contribution in [0.4, 0.5) is 0 Å². The van der Waals surface area contributed by atoms with Crippen molar-refractivity contribution in [2.75, 3.05) is 27.2 Å². The smallest absolute Gasteiger partial charge is 0.119 e. The normalized spacial score (nSPS) is 24.4. The maximum atomic E-state index is 4.63. The number of rotatable bonds is 4. The average molecular weight is 263 g/mol. The highest BCUT2D eigenvalue weighted by Crippen LogP contribution is 2.25. The highest BCUT2D eigenvalue weighted by Gasteiger charge is 2.36. The van der Waals surface area contributed by atoms with Crippen LogP contribution in [0.15, 0.2) is 23.2 Å². The van der Waals surface area contributed by atoms with Gasteiger partial charge in [-0.15, -0.1) is 5.10 Å². The number of hydrogen-bond donors (Lipinski definition) is 0. The van der Waals surface area contributed by atoms with Crippen LogP contribution in [-0.4, -0.2) is 68.3 Å². The zero-order valence-electron chi connectivity index (χ0n) is 11.0. The Balaban J connectivity index is 1.73. The Bertz CT molecular complexity index is 495. The highest BCUT2D eigenvalue weighted by molar-refractivity contribution is 4.97. The van der Waals surface area contributed by atoms with Gasteiger partial charge < -0.3 is 4.90 Å². The van der Waals surface area contributed by atoms with Gasteiger partial charge in [0.1, 0.15) is 5.69 Å². The maximum Gasteiger partial charge on any atom is 0.119 e. The zero-order chi connectivity index (χ0) is 13.2. The third-order valence-electron chi connectivity index (χ3n) is 3.57. The molecular formula is C11H17N7O. The van der Waals surface area contributed by atoms with Gasteiger partial charge in [0.15, 0.2) is 0 Å². The van der Waals surface area contributed by atoms with E-state index in [2.05, 4.69) is 49.1 Å². The van der Waals surface area contributed by atoms with Crippen LogP contribution in [0, 0.1) is 0 Å². The van der Waals surface area contributed by atoms with Gasteiger partial charge in [-0.2, -0.15) is 0 Å². The van der Waals surface area contributed by atoms with E-state index in [1.165, 1.54) is 0 Å². The van der Waals surface area contributed by atoms with E-state index in [4.69, 9.17) is 0 Å². The maximum absolute atomic E-state index is 4.63. The quantitative estimate of drug-likeness (QED) is 0.746. The molecule has 19 heavy (non-hydrogen) atoms. The Morgan fingerprint density at radius 1 is 1.42 bits per heavy atom. The molecule has 0 radical (unpaired) electrons. The van der Waals surface area contributed by atoms with Crippen LogP contribution < -0.4 is 0 Å². The molecule has 8 nitrogen and oxygen atoms in total. The van der Waals surface area contributed by atoms with E-state index >= 15 is 0 Å². The van der Waals surface area contributed by atoms with Gasteiger partial charge in [-0.05, 0) is 14.1 Å². The summed E-state index contributed by atoms with van der Waals surface area (Å²) in [7, 11) is 4.19. The topological polar surface area (TPSA) is 76.1 Å². The number of hydrogen-bond acceptors (Lipinski definition) is 7. The summed E-state index contributed by atoms with van der Waals surface area (Å²) in [5.74, 6) is 0. The van der Waals surface area contributed by atoms with E-state index in [-0.39, 0.29) is 0 Å². The van der Waals surface area contributed by atoms with Crippen LogP contribution in [0.3, 0.4) is 0 Å². The highest BCUT2D eigenvalue weighted by atomic mass is 16.6. The number of likely N-dealkylation sites (tertiary alicyclic amines) is 1. The van der Waals surface area contributed by atoms with Crippen molar-refractivity contribution in [2.24, 2.45) is 0 Å². The first-order valence-corrected chi connectivity index (χ1v) is 6.25. The molecule has 2 aromatic heterocycles. The molecule has 3 heterocycles. The second-order valence-corrected chi connectivity index (χ2v) is 5.07. The summed E-state index contributed by atoms with van der Waals surface area (Å²) in [6, 6.07) is 0.707. The van der Waals surface area contributed by atoms with Crippen molar-refractivity contribution in [2.45, 2.75) is 18.6 Å². The van der Waals surface area contributed by atoms with Crippen molar-refractivity contribution in [3.05, 3.63) is 24.3 Å². The molecule has 0 spiro atoms. The predicted octanol–water partition coefficient (Wildman–Crippen LogP) is -0.352. The predicted molar refractivity (Wildman–Crippen MR) is 66.1 cm³/mol. The summed E-state index contributed by atoms with van der Waals surface area (Å²) in [5, 5.41) is 15.5. The average Bonchev–Trinajstić information content (AvgIpc) is 3.09. The number of aromatic nitrogens is 5. The van der Waals surface area contributed by atoms with Gasteiger partial charge in [0, 0.05) is 31.9 Å². The van der Waals surface area contributed by atoms with E-state index in [0.717, 1.165) is 25.3 Å². The van der Waals surface area contributed by atoms with E-state index in [1.807, 2.05) is 10.9 Å². The first kappa shape index (κ1) is 12.2.